The second kappa shape index (κ2) is 4.68. The summed E-state index contributed by atoms with van der Waals surface area (Å²) in [6.07, 6.45) is 1.28. The molecule has 1 aromatic rings. The van der Waals surface area contributed by atoms with E-state index in [0.717, 1.165) is 10.0 Å². The van der Waals surface area contributed by atoms with Gasteiger partial charge in [-0.15, -0.1) is 0 Å². The molecule has 0 spiro atoms. The number of nitrogens with two attached hydrogens (primary N) is 1. The van der Waals surface area contributed by atoms with Crippen molar-refractivity contribution in [2.24, 2.45) is 5.73 Å². The van der Waals surface area contributed by atoms with Crippen molar-refractivity contribution in [3.05, 3.63) is 34.3 Å². The average molecular weight is 253 g/mol. The molecule has 0 atom stereocenters. The van der Waals surface area contributed by atoms with Gasteiger partial charge >= 0.3 is 0 Å². The molecular formula is C10H9BrN2O. The molecule has 14 heavy (non-hydrogen) atoms. The molecule has 0 aliphatic carbocycles. The highest BCUT2D eigenvalue weighted by Crippen LogP contribution is 2.26. The predicted octanol–water partition coefficient (Wildman–Crippen LogP) is 2.28. The fourth-order valence-corrected chi connectivity index (χ4v) is 1.39. The molecule has 4 heteroatoms. The van der Waals surface area contributed by atoms with Crippen LogP contribution in [0.25, 0.3) is 5.70 Å². The zero-order chi connectivity index (χ0) is 10.6. The van der Waals surface area contributed by atoms with Crippen LogP contribution in [0.4, 0.5) is 0 Å². The summed E-state index contributed by atoms with van der Waals surface area (Å²) in [5.41, 5.74) is 6.79. The van der Waals surface area contributed by atoms with Gasteiger partial charge in [-0.25, -0.2) is 0 Å². The molecule has 0 saturated heterocycles. The van der Waals surface area contributed by atoms with E-state index in [-0.39, 0.29) is 0 Å². The molecular weight excluding hydrogens is 244 g/mol. The Morgan fingerprint density at radius 3 is 2.93 bits per heavy atom. The van der Waals surface area contributed by atoms with Gasteiger partial charge in [0.05, 0.1) is 18.9 Å². The summed E-state index contributed by atoms with van der Waals surface area (Å²) in [5, 5.41) is 8.46. The Morgan fingerprint density at radius 1 is 1.64 bits per heavy atom. The molecule has 0 amide bonds. The van der Waals surface area contributed by atoms with Crippen molar-refractivity contribution in [1.29, 1.82) is 5.26 Å². The topological polar surface area (TPSA) is 59.0 Å². The van der Waals surface area contributed by atoms with Crippen molar-refractivity contribution >= 4 is 21.6 Å². The van der Waals surface area contributed by atoms with E-state index in [9.17, 15) is 0 Å². The molecule has 0 radical (unpaired) electrons. The van der Waals surface area contributed by atoms with Gasteiger partial charge in [0, 0.05) is 16.1 Å². The maximum Gasteiger partial charge on any atom is 0.129 e. The molecule has 3 nitrogen and oxygen atoms in total. The van der Waals surface area contributed by atoms with Crippen LogP contribution in [0.5, 0.6) is 5.75 Å². The van der Waals surface area contributed by atoms with E-state index in [1.807, 2.05) is 12.1 Å². The van der Waals surface area contributed by atoms with E-state index in [0.29, 0.717) is 11.4 Å². The van der Waals surface area contributed by atoms with E-state index < -0.39 is 0 Å². The SMILES string of the molecule is COc1cc(Br)ccc1/C(N)=C/C#N. The number of nitriles is 1. The van der Waals surface area contributed by atoms with Gasteiger partial charge in [-0.1, -0.05) is 15.9 Å². The van der Waals surface area contributed by atoms with Crippen LogP contribution in [0.2, 0.25) is 0 Å². The lowest BCUT2D eigenvalue weighted by Gasteiger charge is -2.07. The van der Waals surface area contributed by atoms with Gasteiger partial charge in [-0.2, -0.15) is 5.26 Å². The van der Waals surface area contributed by atoms with Crippen molar-refractivity contribution in [3.63, 3.8) is 0 Å². The Bertz CT molecular complexity index is 407. The first-order valence-corrected chi connectivity index (χ1v) is 4.67. The van der Waals surface area contributed by atoms with Gasteiger partial charge in [0.15, 0.2) is 0 Å². The number of nitrogens with zero attached hydrogens (tertiary/aromatic N) is 1. The number of methoxy groups -OCH3 is 1. The summed E-state index contributed by atoms with van der Waals surface area (Å²) in [4.78, 5) is 0. The first-order chi connectivity index (χ1) is 6.69. The van der Waals surface area contributed by atoms with Crippen molar-refractivity contribution in [2.75, 3.05) is 7.11 Å². The summed E-state index contributed by atoms with van der Waals surface area (Å²) in [5.74, 6) is 0.642. The lowest BCUT2D eigenvalue weighted by molar-refractivity contribution is 0.413. The predicted molar refractivity (Wildman–Crippen MR) is 58.5 cm³/mol. The molecule has 0 aliphatic rings. The third-order valence-corrected chi connectivity index (χ3v) is 2.19. The third-order valence-electron chi connectivity index (χ3n) is 1.69. The Kier molecular flexibility index (Phi) is 3.55. The van der Waals surface area contributed by atoms with Crippen LogP contribution in [0.15, 0.2) is 28.7 Å². The molecule has 0 aliphatic heterocycles. The molecule has 2 N–H and O–H groups in total. The highest BCUT2D eigenvalue weighted by molar-refractivity contribution is 9.10. The number of hydrogen-bond donors (Lipinski definition) is 1. The van der Waals surface area contributed by atoms with Crippen LogP contribution in [-0.4, -0.2) is 7.11 Å². The normalized spacial score (nSPS) is 10.8. The van der Waals surface area contributed by atoms with Crippen LogP contribution in [0.3, 0.4) is 0 Å². The molecule has 0 saturated carbocycles. The van der Waals surface area contributed by atoms with Gasteiger partial charge in [0.25, 0.3) is 0 Å². The molecule has 0 aromatic heterocycles. The van der Waals surface area contributed by atoms with E-state index in [4.69, 9.17) is 15.7 Å². The average Bonchev–Trinajstić information content (AvgIpc) is 2.17. The lowest BCUT2D eigenvalue weighted by Crippen LogP contribution is -1.99. The monoisotopic (exact) mass is 252 g/mol. The van der Waals surface area contributed by atoms with E-state index in [1.165, 1.54) is 6.08 Å². The second-order valence-electron chi connectivity index (χ2n) is 2.57. The van der Waals surface area contributed by atoms with E-state index in [1.54, 1.807) is 19.2 Å². The molecule has 0 fully saturated rings. The standard InChI is InChI=1S/C10H9BrN2O/c1-14-10-6-7(11)2-3-8(10)9(13)4-5-12/h2-4,6H,13H2,1H3/b9-4-. The van der Waals surface area contributed by atoms with Gasteiger partial charge < -0.3 is 10.5 Å². The Hall–Kier alpha value is -1.47. The lowest BCUT2D eigenvalue weighted by atomic mass is 10.1. The summed E-state index contributed by atoms with van der Waals surface area (Å²) in [6.45, 7) is 0. The molecule has 0 heterocycles. The highest BCUT2D eigenvalue weighted by atomic mass is 79.9. The van der Waals surface area contributed by atoms with Crippen LogP contribution >= 0.6 is 15.9 Å². The number of rotatable bonds is 2. The molecule has 0 bridgehead atoms. The van der Waals surface area contributed by atoms with Crippen LogP contribution in [0.1, 0.15) is 5.56 Å². The Balaban J connectivity index is 3.22. The highest BCUT2D eigenvalue weighted by Gasteiger charge is 2.05. The van der Waals surface area contributed by atoms with Gasteiger partial charge in [-0.05, 0) is 18.2 Å². The first kappa shape index (κ1) is 10.6. The fourth-order valence-electron chi connectivity index (χ4n) is 1.05. The minimum atomic E-state index is 0.400. The first-order valence-electron chi connectivity index (χ1n) is 3.88. The summed E-state index contributed by atoms with van der Waals surface area (Å²) in [6, 6.07) is 7.32. The van der Waals surface area contributed by atoms with Crippen molar-refractivity contribution in [2.45, 2.75) is 0 Å². The molecule has 72 valence electrons. The van der Waals surface area contributed by atoms with Crippen LogP contribution in [0, 0.1) is 11.3 Å². The third kappa shape index (κ3) is 2.27. The summed E-state index contributed by atoms with van der Waals surface area (Å²) in [7, 11) is 1.56. The zero-order valence-corrected chi connectivity index (χ0v) is 9.21. The van der Waals surface area contributed by atoms with Crippen LogP contribution in [-0.2, 0) is 0 Å². The van der Waals surface area contributed by atoms with Gasteiger partial charge in [0.2, 0.25) is 0 Å². The van der Waals surface area contributed by atoms with Gasteiger partial charge in [-0.3, -0.25) is 0 Å². The minimum Gasteiger partial charge on any atom is -0.496 e. The summed E-state index contributed by atoms with van der Waals surface area (Å²) < 4.78 is 6.04. The number of halogens is 1. The van der Waals surface area contributed by atoms with Gasteiger partial charge in [0.1, 0.15) is 5.75 Å². The van der Waals surface area contributed by atoms with Crippen LogP contribution < -0.4 is 10.5 Å². The minimum absolute atomic E-state index is 0.400. The number of ether oxygens (including phenoxy) is 1. The number of benzene rings is 1. The van der Waals surface area contributed by atoms with E-state index >= 15 is 0 Å². The molecule has 1 rings (SSSR count). The maximum absolute atomic E-state index is 8.46. The second-order valence-corrected chi connectivity index (χ2v) is 3.49. The Labute approximate surface area is 90.9 Å². The quantitative estimate of drug-likeness (QED) is 0.822. The zero-order valence-electron chi connectivity index (χ0n) is 7.62. The fraction of sp³-hybridized carbons (Fsp3) is 0.100. The maximum atomic E-state index is 8.46. The van der Waals surface area contributed by atoms with E-state index in [2.05, 4.69) is 15.9 Å². The summed E-state index contributed by atoms with van der Waals surface area (Å²) >= 11 is 3.32. The largest absolute Gasteiger partial charge is 0.496 e. The molecule has 0 unspecified atom stereocenters. The number of hydrogen-bond acceptors (Lipinski definition) is 3. The Morgan fingerprint density at radius 2 is 2.36 bits per heavy atom. The molecule has 1 aromatic carbocycles. The van der Waals surface area contributed by atoms with Crippen molar-refractivity contribution < 1.29 is 4.74 Å². The smallest absolute Gasteiger partial charge is 0.129 e. The van der Waals surface area contributed by atoms with Crippen molar-refractivity contribution in [3.8, 4) is 11.8 Å². The van der Waals surface area contributed by atoms with Crippen molar-refractivity contribution in [1.82, 2.24) is 0 Å². The number of allylic oxidation sites excluding steroid dienone is 1.